The molecule has 0 aliphatic carbocycles. The molecule has 2 unspecified atom stereocenters. The van der Waals surface area contributed by atoms with Crippen LogP contribution < -0.4 is 0 Å². The highest BCUT2D eigenvalue weighted by Gasteiger charge is 2.57. The summed E-state index contributed by atoms with van der Waals surface area (Å²) in [5.41, 5.74) is 0.744. The number of fused-ring (bicyclic) bond motifs is 3. The summed E-state index contributed by atoms with van der Waals surface area (Å²) >= 11 is 1.69. The molecule has 2 atom stereocenters. The van der Waals surface area contributed by atoms with E-state index < -0.39 is 0 Å². The predicted octanol–water partition coefficient (Wildman–Crippen LogP) is 2.07. The van der Waals surface area contributed by atoms with Gasteiger partial charge in [-0.15, -0.1) is 11.3 Å². The van der Waals surface area contributed by atoms with Gasteiger partial charge in [-0.05, 0) is 23.8 Å². The van der Waals surface area contributed by atoms with Crippen LogP contribution in [0.5, 0.6) is 0 Å². The average Bonchev–Trinajstić information content (AvgIpc) is 2.95. The van der Waals surface area contributed by atoms with Crippen molar-refractivity contribution in [1.82, 2.24) is 4.90 Å². The lowest BCUT2D eigenvalue weighted by molar-refractivity contribution is 0.0566. The summed E-state index contributed by atoms with van der Waals surface area (Å²) in [5, 5.41) is 11.4. The molecule has 2 aliphatic rings. The second kappa shape index (κ2) is 3.56. The van der Waals surface area contributed by atoms with E-state index in [1.54, 1.807) is 11.3 Å². The van der Waals surface area contributed by atoms with Crippen molar-refractivity contribution >= 4 is 17.2 Å². The molecule has 1 saturated heterocycles. The average molecular weight is 251 g/mol. The summed E-state index contributed by atoms with van der Waals surface area (Å²) in [6.07, 6.45) is 0.903. The molecule has 0 bridgehead atoms. The smallest absolute Gasteiger partial charge is 0.255 e. The normalized spacial score (nSPS) is 31.2. The number of aliphatic hydroxyl groups is 1. The minimum Gasteiger partial charge on any atom is -0.396 e. The zero-order chi connectivity index (χ0) is 12.2. The maximum Gasteiger partial charge on any atom is 0.255 e. The van der Waals surface area contributed by atoms with Crippen LogP contribution in [-0.2, 0) is 5.54 Å². The van der Waals surface area contributed by atoms with Crippen LogP contribution in [0, 0.1) is 11.8 Å². The summed E-state index contributed by atoms with van der Waals surface area (Å²) in [6, 6.07) is 1.94. The Hall–Kier alpha value is -0.870. The van der Waals surface area contributed by atoms with Gasteiger partial charge in [-0.2, -0.15) is 0 Å². The van der Waals surface area contributed by atoms with Gasteiger partial charge in [0, 0.05) is 23.9 Å². The molecule has 0 saturated carbocycles. The van der Waals surface area contributed by atoms with Gasteiger partial charge in [-0.1, -0.05) is 13.8 Å². The quantitative estimate of drug-likeness (QED) is 0.874. The Balaban J connectivity index is 2.14. The van der Waals surface area contributed by atoms with Gasteiger partial charge >= 0.3 is 0 Å². The van der Waals surface area contributed by atoms with Crippen LogP contribution in [0.2, 0.25) is 0 Å². The van der Waals surface area contributed by atoms with E-state index in [4.69, 9.17) is 0 Å². The van der Waals surface area contributed by atoms with E-state index in [1.807, 2.05) is 16.3 Å². The van der Waals surface area contributed by atoms with Gasteiger partial charge in [-0.25, -0.2) is 0 Å². The Kier molecular flexibility index (Phi) is 2.35. The Morgan fingerprint density at radius 1 is 1.65 bits per heavy atom. The zero-order valence-corrected chi connectivity index (χ0v) is 11.0. The van der Waals surface area contributed by atoms with Gasteiger partial charge < -0.3 is 10.0 Å². The number of nitrogens with zero attached hydrogens (tertiary/aromatic N) is 1. The lowest BCUT2D eigenvalue weighted by Gasteiger charge is -2.36. The number of thiophene rings is 1. The first-order valence-corrected chi connectivity index (χ1v) is 7.00. The van der Waals surface area contributed by atoms with E-state index in [1.165, 1.54) is 4.88 Å². The van der Waals surface area contributed by atoms with Crippen molar-refractivity contribution in [2.75, 3.05) is 13.2 Å². The van der Waals surface area contributed by atoms with Crippen LogP contribution in [0.1, 0.15) is 35.5 Å². The molecule has 0 spiro atoms. The van der Waals surface area contributed by atoms with Crippen molar-refractivity contribution in [1.29, 1.82) is 0 Å². The highest BCUT2D eigenvalue weighted by molar-refractivity contribution is 7.10. The fraction of sp³-hybridized carbons (Fsp3) is 0.615. The molecule has 2 aliphatic heterocycles. The third-order valence-corrected chi connectivity index (χ3v) is 5.35. The number of hydrogen-bond acceptors (Lipinski definition) is 3. The zero-order valence-electron chi connectivity index (χ0n) is 10.1. The first-order chi connectivity index (χ1) is 8.11. The molecule has 1 amide bonds. The third kappa shape index (κ3) is 1.23. The molecular formula is C13H17NO2S. The van der Waals surface area contributed by atoms with Crippen molar-refractivity contribution in [2.24, 2.45) is 11.8 Å². The second-order valence-corrected chi connectivity index (χ2v) is 6.33. The SMILES string of the molecule is CC(C)C12CC(CO)CN1C(=O)c1ccsc12. The van der Waals surface area contributed by atoms with Crippen LogP contribution in [-0.4, -0.2) is 29.1 Å². The van der Waals surface area contributed by atoms with E-state index in [0.717, 1.165) is 12.0 Å². The summed E-state index contributed by atoms with van der Waals surface area (Å²) < 4.78 is 0. The molecule has 3 rings (SSSR count). The molecule has 0 aromatic carbocycles. The first kappa shape index (κ1) is 11.2. The van der Waals surface area contributed by atoms with Gasteiger partial charge in [0.2, 0.25) is 0 Å². The number of aliphatic hydroxyl groups excluding tert-OH is 1. The number of carbonyl (C=O) groups excluding carboxylic acids is 1. The molecule has 1 N–H and O–H groups in total. The minimum absolute atomic E-state index is 0.145. The number of amides is 1. The van der Waals surface area contributed by atoms with E-state index >= 15 is 0 Å². The molecule has 1 aromatic heterocycles. The summed E-state index contributed by atoms with van der Waals surface area (Å²) in [4.78, 5) is 15.6. The number of rotatable bonds is 2. The van der Waals surface area contributed by atoms with Crippen LogP contribution in [0.4, 0.5) is 0 Å². The van der Waals surface area contributed by atoms with Crippen molar-refractivity contribution in [2.45, 2.75) is 25.8 Å². The predicted molar refractivity (Wildman–Crippen MR) is 67.1 cm³/mol. The molecule has 1 fully saturated rings. The minimum atomic E-state index is -0.145. The van der Waals surface area contributed by atoms with Crippen molar-refractivity contribution < 1.29 is 9.90 Å². The Labute approximate surface area is 105 Å². The van der Waals surface area contributed by atoms with Crippen LogP contribution in [0.3, 0.4) is 0 Å². The molecule has 4 heteroatoms. The van der Waals surface area contributed by atoms with Crippen molar-refractivity contribution in [3.05, 3.63) is 21.9 Å². The lowest BCUT2D eigenvalue weighted by atomic mass is 9.81. The van der Waals surface area contributed by atoms with Crippen LogP contribution in [0.15, 0.2) is 11.4 Å². The van der Waals surface area contributed by atoms with E-state index in [9.17, 15) is 9.90 Å². The Morgan fingerprint density at radius 3 is 3.06 bits per heavy atom. The summed E-state index contributed by atoms with van der Waals surface area (Å²) in [5.74, 6) is 0.783. The Morgan fingerprint density at radius 2 is 2.41 bits per heavy atom. The molecular weight excluding hydrogens is 234 g/mol. The fourth-order valence-electron chi connectivity index (χ4n) is 3.41. The summed E-state index contributed by atoms with van der Waals surface area (Å²) in [7, 11) is 0. The van der Waals surface area contributed by atoms with E-state index in [2.05, 4.69) is 13.8 Å². The lowest BCUT2D eigenvalue weighted by Crippen LogP contribution is -2.42. The van der Waals surface area contributed by atoms with Gasteiger partial charge in [0.1, 0.15) is 0 Å². The van der Waals surface area contributed by atoms with Crippen LogP contribution >= 0.6 is 11.3 Å². The van der Waals surface area contributed by atoms with Gasteiger partial charge in [0.15, 0.2) is 0 Å². The van der Waals surface area contributed by atoms with Gasteiger partial charge in [0.05, 0.1) is 11.1 Å². The van der Waals surface area contributed by atoms with Crippen molar-refractivity contribution in [3.63, 3.8) is 0 Å². The molecule has 3 nitrogen and oxygen atoms in total. The molecule has 3 heterocycles. The van der Waals surface area contributed by atoms with Gasteiger partial charge in [0.25, 0.3) is 5.91 Å². The molecule has 92 valence electrons. The first-order valence-electron chi connectivity index (χ1n) is 6.12. The van der Waals surface area contributed by atoms with Crippen LogP contribution in [0.25, 0.3) is 0 Å². The Bertz CT molecular complexity index is 468. The topological polar surface area (TPSA) is 40.5 Å². The summed E-state index contributed by atoms with van der Waals surface area (Å²) in [6.45, 7) is 5.23. The molecule has 17 heavy (non-hydrogen) atoms. The fourth-order valence-corrected chi connectivity index (χ4v) is 4.66. The largest absolute Gasteiger partial charge is 0.396 e. The number of hydrogen-bond donors (Lipinski definition) is 1. The monoisotopic (exact) mass is 251 g/mol. The van der Waals surface area contributed by atoms with E-state index in [0.29, 0.717) is 12.5 Å². The van der Waals surface area contributed by atoms with Crippen molar-refractivity contribution in [3.8, 4) is 0 Å². The molecule has 1 aromatic rings. The highest BCUT2D eigenvalue weighted by atomic mass is 32.1. The second-order valence-electron chi connectivity index (χ2n) is 5.41. The maximum atomic E-state index is 12.4. The standard InChI is InChI=1S/C13H17NO2S/c1-8(2)13-5-9(7-15)6-14(13)12(16)10-3-4-17-11(10)13/h3-4,8-9,15H,5-7H2,1-2H3. The highest BCUT2D eigenvalue weighted by Crippen LogP contribution is 2.54. The third-order valence-electron chi connectivity index (χ3n) is 4.27. The maximum absolute atomic E-state index is 12.4. The molecule has 0 radical (unpaired) electrons. The number of carbonyl (C=O) groups is 1. The van der Waals surface area contributed by atoms with E-state index in [-0.39, 0.29) is 24.0 Å². The van der Waals surface area contributed by atoms with Gasteiger partial charge in [-0.3, -0.25) is 4.79 Å².